The highest BCUT2D eigenvalue weighted by Gasteiger charge is 2.39. The third-order valence-corrected chi connectivity index (χ3v) is 7.07. The van der Waals surface area contributed by atoms with Crippen molar-refractivity contribution in [3.8, 4) is 0 Å². The van der Waals surface area contributed by atoms with Crippen molar-refractivity contribution in [2.45, 2.75) is 57.4 Å². The van der Waals surface area contributed by atoms with Crippen molar-refractivity contribution in [3.05, 3.63) is 35.4 Å². The van der Waals surface area contributed by atoms with Gasteiger partial charge in [-0.2, -0.15) is 24.4 Å². The van der Waals surface area contributed by atoms with Crippen LogP contribution in [0, 0.1) is 5.92 Å². The Morgan fingerprint density at radius 1 is 1.26 bits per heavy atom. The summed E-state index contributed by atoms with van der Waals surface area (Å²) in [6.07, 6.45) is 2.59. The summed E-state index contributed by atoms with van der Waals surface area (Å²) in [5, 5.41) is 15.1. The number of nitrogens with two attached hydrogens (primary N) is 1. The van der Waals surface area contributed by atoms with E-state index in [0.29, 0.717) is 30.9 Å². The smallest absolute Gasteiger partial charge is 0.265 e. The van der Waals surface area contributed by atoms with E-state index in [9.17, 15) is 14.4 Å². The van der Waals surface area contributed by atoms with Gasteiger partial charge in [-0.3, -0.25) is 19.6 Å². The molecule has 0 radical (unpaired) electrons. The number of hydrogen-bond donors (Lipinski definition) is 6. The number of nitrogens with zero attached hydrogens (tertiary/aromatic N) is 1. The number of thiol groups is 1. The lowest BCUT2D eigenvalue weighted by molar-refractivity contribution is -0.145. The van der Waals surface area contributed by atoms with Crippen LogP contribution >= 0.6 is 24.4 Å². The molecule has 1 aromatic carbocycles. The molecule has 6 N–H and O–H groups in total. The first-order chi connectivity index (χ1) is 16.2. The highest BCUT2D eigenvalue weighted by molar-refractivity contribution is 7.98. The molecule has 1 aromatic rings. The number of carbonyl (C=O) groups is 3. The van der Waals surface area contributed by atoms with Gasteiger partial charge in [0, 0.05) is 31.3 Å². The molecule has 34 heavy (non-hydrogen) atoms. The summed E-state index contributed by atoms with van der Waals surface area (Å²) in [5.41, 5.74) is 9.59. The molecule has 9 nitrogen and oxygen atoms in total. The topological polar surface area (TPSA) is 137 Å². The summed E-state index contributed by atoms with van der Waals surface area (Å²) < 4.78 is 0. The SMILES string of the molecule is CSCC[C@H](NC(=O)[C@H]1Cc2ccccc2CN1C(=O)[C@@H](NCC(N)CS)C(C)C)C(=O)NO. The number of amides is 3. The third-order valence-electron chi connectivity index (χ3n) is 5.96. The summed E-state index contributed by atoms with van der Waals surface area (Å²) in [5.74, 6) is -0.220. The van der Waals surface area contributed by atoms with Gasteiger partial charge in [0.05, 0.1) is 6.04 Å². The first-order valence-electron chi connectivity index (χ1n) is 11.4. The van der Waals surface area contributed by atoms with Crippen molar-refractivity contribution in [1.82, 2.24) is 21.0 Å². The van der Waals surface area contributed by atoms with Crippen molar-refractivity contribution in [2.75, 3.05) is 24.3 Å². The number of hydroxylamine groups is 1. The molecule has 0 spiro atoms. The Hall–Kier alpha value is -1.79. The molecular weight excluding hydrogens is 474 g/mol. The molecule has 0 saturated heterocycles. The van der Waals surface area contributed by atoms with Crippen molar-refractivity contribution >= 4 is 42.1 Å². The fourth-order valence-electron chi connectivity index (χ4n) is 3.97. The van der Waals surface area contributed by atoms with Crippen molar-refractivity contribution in [2.24, 2.45) is 11.7 Å². The molecule has 190 valence electrons. The van der Waals surface area contributed by atoms with Gasteiger partial charge in [0.2, 0.25) is 11.8 Å². The van der Waals surface area contributed by atoms with Crippen molar-refractivity contribution < 1.29 is 19.6 Å². The molecule has 1 heterocycles. The molecule has 0 fully saturated rings. The van der Waals surface area contributed by atoms with Crippen LogP contribution in [0.5, 0.6) is 0 Å². The van der Waals surface area contributed by atoms with E-state index in [2.05, 4.69) is 23.3 Å². The van der Waals surface area contributed by atoms with Gasteiger partial charge >= 0.3 is 0 Å². The van der Waals surface area contributed by atoms with E-state index < -0.39 is 29.9 Å². The van der Waals surface area contributed by atoms with E-state index in [4.69, 9.17) is 10.9 Å². The molecule has 1 aliphatic rings. The summed E-state index contributed by atoms with van der Waals surface area (Å²) in [6, 6.07) is 5.32. The van der Waals surface area contributed by atoms with Crippen LogP contribution in [0.25, 0.3) is 0 Å². The predicted octanol–water partition coefficient (Wildman–Crippen LogP) is 0.555. The minimum absolute atomic E-state index is 0.0324. The lowest BCUT2D eigenvalue weighted by Gasteiger charge is -2.39. The Bertz CT molecular complexity index is 841. The van der Waals surface area contributed by atoms with E-state index in [1.54, 1.807) is 10.4 Å². The minimum Gasteiger partial charge on any atom is -0.342 e. The summed E-state index contributed by atoms with van der Waals surface area (Å²) in [7, 11) is 0. The lowest BCUT2D eigenvalue weighted by Crippen LogP contribution is -2.60. The standard InChI is InChI=1S/C23H37N5O4S2/c1-14(2)20(25-11-17(24)13-33)23(31)28-12-16-7-5-4-6-15(16)10-19(28)22(30)26-18(8-9-34-3)21(29)27-32/h4-7,14,17-20,25,32-33H,8-13,24H2,1-3H3,(H,26,30)(H,27,29)/t17?,18-,19+,20-/m0/s1. The van der Waals surface area contributed by atoms with Crippen molar-refractivity contribution in [1.29, 1.82) is 0 Å². The van der Waals surface area contributed by atoms with Crippen LogP contribution in [0.1, 0.15) is 31.4 Å². The zero-order valence-corrected chi connectivity index (χ0v) is 21.7. The normalized spacial score (nSPS) is 18.1. The van der Waals surface area contributed by atoms with Gasteiger partial charge in [0.25, 0.3) is 5.91 Å². The minimum atomic E-state index is -0.897. The Labute approximate surface area is 211 Å². The molecule has 0 saturated carbocycles. The van der Waals surface area contributed by atoms with Gasteiger partial charge in [-0.25, -0.2) is 5.48 Å². The van der Waals surface area contributed by atoms with Crippen LogP contribution in [-0.2, 0) is 27.3 Å². The van der Waals surface area contributed by atoms with Crippen LogP contribution < -0.4 is 21.8 Å². The van der Waals surface area contributed by atoms with Gasteiger partial charge < -0.3 is 21.3 Å². The van der Waals surface area contributed by atoms with E-state index in [1.165, 1.54) is 11.8 Å². The quantitative estimate of drug-likeness (QED) is 0.137. The van der Waals surface area contributed by atoms with Crippen molar-refractivity contribution in [3.63, 3.8) is 0 Å². The monoisotopic (exact) mass is 511 g/mol. The average molecular weight is 512 g/mol. The molecule has 0 aromatic heterocycles. The maximum Gasteiger partial charge on any atom is 0.265 e. The second-order valence-corrected chi connectivity index (χ2v) is 10.2. The number of carbonyl (C=O) groups excluding carboxylic acids is 3. The number of nitrogens with one attached hydrogen (secondary N) is 3. The van der Waals surface area contributed by atoms with E-state index >= 15 is 0 Å². The van der Waals surface area contributed by atoms with Gasteiger partial charge in [-0.15, -0.1) is 0 Å². The summed E-state index contributed by atoms with van der Waals surface area (Å²) in [6.45, 7) is 4.60. The number of benzene rings is 1. The Kier molecular flexibility index (Phi) is 11.7. The fraction of sp³-hybridized carbons (Fsp3) is 0.609. The molecule has 1 aliphatic heterocycles. The maximum atomic E-state index is 13.7. The van der Waals surface area contributed by atoms with Crippen LogP contribution in [0.3, 0.4) is 0 Å². The van der Waals surface area contributed by atoms with Gasteiger partial charge in [-0.1, -0.05) is 38.1 Å². The Balaban J connectivity index is 2.31. The Morgan fingerprint density at radius 2 is 1.94 bits per heavy atom. The third kappa shape index (κ3) is 7.61. The first kappa shape index (κ1) is 28.4. The Morgan fingerprint density at radius 3 is 2.53 bits per heavy atom. The molecule has 0 aliphatic carbocycles. The fourth-order valence-corrected chi connectivity index (χ4v) is 4.57. The second kappa shape index (κ2) is 13.9. The van der Waals surface area contributed by atoms with Gasteiger partial charge in [-0.05, 0) is 35.5 Å². The zero-order valence-electron chi connectivity index (χ0n) is 20.0. The second-order valence-electron chi connectivity index (χ2n) is 8.85. The van der Waals surface area contributed by atoms with Crippen LogP contribution in [-0.4, -0.2) is 76.3 Å². The van der Waals surface area contributed by atoms with Gasteiger partial charge in [0.15, 0.2) is 0 Å². The zero-order chi connectivity index (χ0) is 25.3. The van der Waals surface area contributed by atoms with Gasteiger partial charge in [0.1, 0.15) is 12.1 Å². The molecule has 0 bridgehead atoms. The number of thioether (sulfide) groups is 1. The lowest BCUT2D eigenvalue weighted by atomic mass is 9.91. The molecule has 1 unspecified atom stereocenters. The van der Waals surface area contributed by atoms with E-state index in [0.717, 1.165) is 11.1 Å². The molecule has 11 heteroatoms. The van der Waals surface area contributed by atoms with E-state index in [1.807, 2.05) is 44.4 Å². The number of fused-ring (bicyclic) bond motifs is 1. The van der Waals surface area contributed by atoms with E-state index in [-0.39, 0.29) is 24.4 Å². The van der Waals surface area contributed by atoms with Crippen LogP contribution in [0.4, 0.5) is 0 Å². The summed E-state index contributed by atoms with van der Waals surface area (Å²) >= 11 is 5.74. The summed E-state index contributed by atoms with van der Waals surface area (Å²) in [4.78, 5) is 40.8. The van der Waals surface area contributed by atoms with Crippen LogP contribution in [0.2, 0.25) is 0 Å². The average Bonchev–Trinajstić information content (AvgIpc) is 2.84. The molecule has 3 amide bonds. The molecule has 4 atom stereocenters. The predicted molar refractivity (Wildman–Crippen MR) is 138 cm³/mol. The largest absolute Gasteiger partial charge is 0.342 e. The highest BCUT2D eigenvalue weighted by atomic mass is 32.2. The highest BCUT2D eigenvalue weighted by Crippen LogP contribution is 2.25. The first-order valence-corrected chi connectivity index (χ1v) is 13.5. The van der Waals surface area contributed by atoms with Crippen LogP contribution in [0.15, 0.2) is 24.3 Å². The number of hydrogen-bond acceptors (Lipinski definition) is 8. The number of rotatable bonds is 12. The maximum absolute atomic E-state index is 13.7. The molecule has 2 rings (SSSR count). The molecular formula is C23H37N5O4S2.